The van der Waals surface area contributed by atoms with E-state index < -0.39 is 5.91 Å². The van der Waals surface area contributed by atoms with E-state index in [1.165, 1.54) is 0 Å². The molecule has 1 fully saturated rings. The van der Waals surface area contributed by atoms with Gasteiger partial charge in [-0.15, -0.1) is 0 Å². The van der Waals surface area contributed by atoms with E-state index in [0.717, 1.165) is 18.7 Å². The lowest BCUT2D eigenvalue weighted by Crippen LogP contribution is -2.39. The lowest BCUT2D eigenvalue weighted by Gasteiger charge is -2.32. The second-order valence-corrected chi connectivity index (χ2v) is 7.01. The molecule has 2 aromatic heterocycles. The number of piperidine rings is 1. The van der Waals surface area contributed by atoms with Gasteiger partial charge in [0.1, 0.15) is 12.4 Å². The van der Waals surface area contributed by atoms with E-state index >= 15 is 0 Å². The second kappa shape index (κ2) is 7.73. The van der Waals surface area contributed by atoms with Gasteiger partial charge in [-0.2, -0.15) is 0 Å². The molecule has 9 nitrogen and oxygen atoms in total. The van der Waals surface area contributed by atoms with Crippen molar-refractivity contribution in [1.29, 1.82) is 0 Å². The average Bonchev–Trinajstić information content (AvgIpc) is 3.08. The molecule has 0 aliphatic carbocycles. The van der Waals surface area contributed by atoms with Gasteiger partial charge in [-0.05, 0) is 19.8 Å². The fourth-order valence-electron chi connectivity index (χ4n) is 3.37. The molecule has 3 heterocycles. The summed E-state index contributed by atoms with van der Waals surface area (Å²) in [5.74, 6) is 1.21. The van der Waals surface area contributed by atoms with E-state index in [1.54, 1.807) is 28.1 Å². The van der Waals surface area contributed by atoms with E-state index in [9.17, 15) is 9.59 Å². The minimum Gasteiger partial charge on any atom is -0.368 e. The topological polar surface area (TPSA) is 110 Å². The van der Waals surface area contributed by atoms with Crippen LogP contribution in [0.3, 0.4) is 0 Å². The fourth-order valence-corrected chi connectivity index (χ4v) is 3.37. The monoisotopic (exact) mass is 371 g/mol. The van der Waals surface area contributed by atoms with E-state index in [1.807, 2.05) is 25.9 Å². The van der Waals surface area contributed by atoms with E-state index in [2.05, 4.69) is 15.0 Å². The molecule has 2 aromatic rings. The Labute approximate surface area is 158 Å². The summed E-state index contributed by atoms with van der Waals surface area (Å²) in [5, 5.41) is 0. The Morgan fingerprint density at radius 2 is 1.96 bits per heavy atom. The fraction of sp³-hybridized carbons (Fsp3) is 0.500. The van der Waals surface area contributed by atoms with Crippen molar-refractivity contribution in [3.8, 4) is 0 Å². The van der Waals surface area contributed by atoms with E-state index in [-0.39, 0.29) is 18.4 Å². The van der Waals surface area contributed by atoms with Crippen LogP contribution in [0.2, 0.25) is 0 Å². The number of hydrogen-bond donors (Lipinski definition) is 1. The molecule has 0 unspecified atom stereocenters. The summed E-state index contributed by atoms with van der Waals surface area (Å²) >= 11 is 0. The molecule has 0 radical (unpaired) electrons. The van der Waals surface area contributed by atoms with Crippen LogP contribution in [0.1, 0.15) is 40.6 Å². The number of imidazole rings is 1. The SMILES string of the molecule is Cc1nc(N(C)C)ncc1C(=O)N1CCC(c2nccn2CC(N)=O)CC1. The molecule has 0 bridgehead atoms. The molecule has 2 amide bonds. The molecule has 1 aliphatic rings. The number of primary amides is 1. The highest BCUT2D eigenvalue weighted by Gasteiger charge is 2.28. The standard InChI is InChI=1S/C18H25N7O2/c1-12-14(10-21-18(22-12)23(2)3)17(27)24-7-4-13(5-8-24)16-20-6-9-25(16)11-15(19)26/h6,9-10,13H,4-5,7-8,11H2,1-3H3,(H2,19,26). The van der Waals surface area contributed by atoms with Crippen molar-refractivity contribution in [2.75, 3.05) is 32.1 Å². The molecule has 1 saturated heterocycles. The molecule has 2 N–H and O–H groups in total. The molecule has 0 aromatic carbocycles. The molecule has 1 aliphatic heterocycles. The Bertz CT molecular complexity index is 838. The van der Waals surface area contributed by atoms with Gasteiger partial charge in [0.25, 0.3) is 5.91 Å². The maximum Gasteiger partial charge on any atom is 0.257 e. The highest BCUT2D eigenvalue weighted by Crippen LogP contribution is 2.28. The first kappa shape index (κ1) is 18.8. The lowest BCUT2D eigenvalue weighted by atomic mass is 9.95. The third kappa shape index (κ3) is 4.07. The van der Waals surface area contributed by atoms with Gasteiger partial charge in [0, 0.05) is 51.7 Å². The second-order valence-electron chi connectivity index (χ2n) is 7.01. The quantitative estimate of drug-likeness (QED) is 0.822. The predicted octanol–water partition coefficient (Wildman–Crippen LogP) is 0.553. The molecule has 27 heavy (non-hydrogen) atoms. The number of amides is 2. The van der Waals surface area contributed by atoms with Crippen LogP contribution in [0.4, 0.5) is 5.95 Å². The number of carbonyl (C=O) groups excluding carboxylic acids is 2. The summed E-state index contributed by atoms with van der Waals surface area (Å²) in [4.78, 5) is 40.7. The van der Waals surface area contributed by atoms with Gasteiger partial charge in [0.05, 0.1) is 11.3 Å². The van der Waals surface area contributed by atoms with Crippen molar-refractivity contribution < 1.29 is 9.59 Å². The Morgan fingerprint density at radius 1 is 1.26 bits per heavy atom. The van der Waals surface area contributed by atoms with Gasteiger partial charge < -0.3 is 20.1 Å². The third-order valence-corrected chi connectivity index (χ3v) is 4.82. The van der Waals surface area contributed by atoms with E-state index in [4.69, 9.17) is 5.73 Å². The molecular formula is C18H25N7O2. The number of nitrogens with two attached hydrogens (primary N) is 1. The molecule has 3 rings (SSSR count). The zero-order valence-electron chi connectivity index (χ0n) is 15.9. The summed E-state index contributed by atoms with van der Waals surface area (Å²) in [6.45, 7) is 3.21. The minimum absolute atomic E-state index is 0.0447. The van der Waals surface area contributed by atoms with E-state index in [0.29, 0.717) is 30.3 Å². The number of likely N-dealkylation sites (tertiary alicyclic amines) is 1. The molecule has 9 heteroatoms. The number of aryl methyl sites for hydroxylation is 1. The molecule has 144 valence electrons. The largest absolute Gasteiger partial charge is 0.368 e. The average molecular weight is 371 g/mol. The highest BCUT2D eigenvalue weighted by molar-refractivity contribution is 5.95. The molecule has 0 saturated carbocycles. The first-order valence-corrected chi connectivity index (χ1v) is 8.96. The van der Waals surface area contributed by atoms with Gasteiger partial charge in [-0.1, -0.05) is 0 Å². The summed E-state index contributed by atoms with van der Waals surface area (Å²) in [5.41, 5.74) is 6.51. The number of hydrogen-bond acceptors (Lipinski definition) is 6. The summed E-state index contributed by atoms with van der Waals surface area (Å²) in [7, 11) is 3.73. The Hall–Kier alpha value is -2.97. The van der Waals surface area contributed by atoms with Crippen LogP contribution in [0.25, 0.3) is 0 Å². The lowest BCUT2D eigenvalue weighted by molar-refractivity contribution is -0.118. The number of nitrogens with zero attached hydrogens (tertiary/aromatic N) is 6. The van der Waals surface area contributed by atoms with Gasteiger partial charge in [-0.3, -0.25) is 9.59 Å². The summed E-state index contributed by atoms with van der Waals surface area (Å²) < 4.78 is 1.79. The molecule has 0 spiro atoms. The maximum absolute atomic E-state index is 12.9. The van der Waals surface area contributed by atoms with Crippen molar-refractivity contribution >= 4 is 17.8 Å². The van der Waals surface area contributed by atoms with Gasteiger partial charge in [0.15, 0.2) is 0 Å². The third-order valence-electron chi connectivity index (χ3n) is 4.82. The van der Waals surface area contributed by atoms with Crippen molar-refractivity contribution in [3.05, 3.63) is 35.7 Å². The van der Waals surface area contributed by atoms with Crippen LogP contribution in [-0.4, -0.2) is 63.4 Å². The number of anilines is 1. The minimum atomic E-state index is -0.390. The normalized spacial score (nSPS) is 15.0. The van der Waals surface area contributed by atoms with Crippen molar-refractivity contribution in [2.45, 2.75) is 32.2 Å². The summed E-state index contributed by atoms with van der Waals surface area (Å²) in [6, 6.07) is 0. The van der Waals surface area contributed by atoms with Crippen molar-refractivity contribution in [2.24, 2.45) is 5.73 Å². The van der Waals surface area contributed by atoms with Crippen LogP contribution < -0.4 is 10.6 Å². The van der Waals surface area contributed by atoms with Gasteiger partial charge in [0.2, 0.25) is 11.9 Å². The number of aromatic nitrogens is 4. The predicted molar refractivity (Wildman–Crippen MR) is 100 cm³/mol. The molecule has 0 atom stereocenters. The summed E-state index contributed by atoms with van der Waals surface area (Å²) in [6.07, 6.45) is 6.63. The zero-order chi connectivity index (χ0) is 19.6. The van der Waals surface area contributed by atoms with Crippen LogP contribution in [0.5, 0.6) is 0 Å². The van der Waals surface area contributed by atoms with Gasteiger partial charge >= 0.3 is 0 Å². The molecular weight excluding hydrogens is 346 g/mol. The van der Waals surface area contributed by atoms with Crippen molar-refractivity contribution in [1.82, 2.24) is 24.4 Å². The Balaban J connectivity index is 1.66. The van der Waals surface area contributed by atoms with Crippen LogP contribution >= 0.6 is 0 Å². The number of rotatable bonds is 5. The Morgan fingerprint density at radius 3 is 2.56 bits per heavy atom. The zero-order valence-corrected chi connectivity index (χ0v) is 15.9. The Kier molecular flexibility index (Phi) is 5.38. The highest BCUT2D eigenvalue weighted by atomic mass is 16.2. The van der Waals surface area contributed by atoms with Crippen LogP contribution in [-0.2, 0) is 11.3 Å². The van der Waals surface area contributed by atoms with Gasteiger partial charge in [-0.25, -0.2) is 15.0 Å². The van der Waals surface area contributed by atoms with Crippen LogP contribution in [0, 0.1) is 6.92 Å². The first-order valence-electron chi connectivity index (χ1n) is 8.96. The van der Waals surface area contributed by atoms with Crippen LogP contribution in [0.15, 0.2) is 18.6 Å². The number of carbonyl (C=O) groups is 2. The smallest absolute Gasteiger partial charge is 0.257 e. The van der Waals surface area contributed by atoms with Crippen molar-refractivity contribution in [3.63, 3.8) is 0 Å². The maximum atomic E-state index is 12.9. The first-order chi connectivity index (χ1) is 12.9.